The minimum absolute atomic E-state index is 0.00772. The number of hydrogen-bond donors (Lipinski definition) is 1. The highest BCUT2D eigenvalue weighted by Gasteiger charge is 2.28. The van der Waals surface area contributed by atoms with E-state index in [4.69, 9.17) is 4.74 Å². The number of nitrogens with one attached hydrogen (secondary N) is 1. The van der Waals surface area contributed by atoms with E-state index < -0.39 is 5.60 Å². The second-order valence-corrected chi connectivity index (χ2v) is 5.09. The maximum atomic E-state index is 11.7. The van der Waals surface area contributed by atoms with Crippen LogP contribution < -0.4 is 5.32 Å². The van der Waals surface area contributed by atoms with Crippen LogP contribution in [0.1, 0.15) is 33.6 Å². The third kappa shape index (κ3) is 3.72. The quantitative estimate of drug-likeness (QED) is 0.732. The molecular formula is C11H20N2O3. The first kappa shape index (κ1) is 12.8. The molecule has 1 aliphatic rings. The molecule has 0 aromatic heterocycles. The van der Waals surface area contributed by atoms with Crippen molar-refractivity contribution in [1.82, 2.24) is 10.2 Å². The van der Waals surface area contributed by atoms with E-state index in [0.717, 1.165) is 6.42 Å². The third-order valence-corrected chi connectivity index (χ3v) is 2.45. The molecule has 1 aliphatic heterocycles. The molecule has 0 aliphatic carbocycles. The van der Waals surface area contributed by atoms with Gasteiger partial charge in [-0.05, 0) is 27.2 Å². The van der Waals surface area contributed by atoms with E-state index >= 15 is 0 Å². The van der Waals surface area contributed by atoms with Gasteiger partial charge in [0, 0.05) is 26.1 Å². The zero-order valence-corrected chi connectivity index (χ0v) is 10.4. The Bertz CT molecular complexity index is 283. The molecule has 5 nitrogen and oxygen atoms in total. The third-order valence-electron chi connectivity index (χ3n) is 2.45. The van der Waals surface area contributed by atoms with Gasteiger partial charge in [0.1, 0.15) is 5.60 Å². The van der Waals surface area contributed by atoms with Gasteiger partial charge in [0.2, 0.25) is 5.91 Å². The largest absolute Gasteiger partial charge is 0.444 e. The summed E-state index contributed by atoms with van der Waals surface area (Å²) >= 11 is 0. The van der Waals surface area contributed by atoms with Crippen molar-refractivity contribution in [2.45, 2.75) is 45.3 Å². The van der Waals surface area contributed by atoms with Crippen LogP contribution in [-0.2, 0) is 9.53 Å². The van der Waals surface area contributed by atoms with Gasteiger partial charge >= 0.3 is 6.09 Å². The van der Waals surface area contributed by atoms with Crippen LogP contribution in [0.2, 0.25) is 0 Å². The van der Waals surface area contributed by atoms with E-state index in [1.807, 2.05) is 20.8 Å². The van der Waals surface area contributed by atoms with Crippen LogP contribution in [0.5, 0.6) is 0 Å². The molecule has 1 rings (SSSR count). The van der Waals surface area contributed by atoms with Crippen LogP contribution in [0.4, 0.5) is 4.79 Å². The first-order valence-corrected chi connectivity index (χ1v) is 5.52. The van der Waals surface area contributed by atoms with Crippen molar-refractivity contribution in [3.63, 3.8) is 0 Å². The van der Waals surface area contributed by atoms with Gasteiger partial charge < -0.3 is 15.0 Å². The average molecular weight is 228 g/mol. The lowest BCUT2D eigenvalue weighted by atomic mass is 10.1. The maximum absolute atomic E-state index is 11.7. The number of carbonyl (C=O) groups is 2. The first-order valence-electron chi connectivity index (χ1n) is 5.52. The molecule has 1 N–H and O–H groups in total. The van der Waals surface area contributed by atoms with E-state index in [1.54, 1.807) is 7.05 Å². The molecule has 0 spiro atoms. The molecule has 1 saturated heterocycles. The second-order valence-electron chi connectivity index (χ2n) is 5.09. The highest BCUT2D eigenvalue weighted by Crippen LogP contribution is 2.15. The highest BCUT2D eigenvalue weighted by molar-refractivity contribution is 5.78. The molecule has 0 saturated carbocycles. The Morgan fingerprint density at radius 3 is 2.62 bits per heavy atom. The zero-order valence-electron chi connectivity index (χ0n) is 10.4. The van der Waals surface area contributed by atoms with Gasteiger partial charge in [0.25, 0.3) is 0 Å². The summed E-state index contributed by atoms with van der Waals surface area (Å²) < 4.78 is 5.24. The van der Waals surface area contributed by atoms with E-state index in [9.17, 15) is 9.59 Å². The summed E-state index contributed by atoms with van der Waals surface area (Å²) in [6.45, 7) is 6.10. The Hall–Kier alpha value is -1.26. The lowest BCUT2D eigenvalue weighted by Gasteiger charge is -2.32. The number of piperidine rings is 1. The molecule has 5 heteroatoms. The predicted molar refractivity (Wildman–Crippen MR) is 60.0 cm³/mol. The number of nitrogens with zero attached hydrogens (tertiary/aromatic N) is 1. The number of amides is 2. The summed E-state index contributed by atoms with van der Waals surface area (Å²) in [7, 11) is 1.68. The van der Waals surface area contributed by atoms with Gasteiger partial charge in [-0.3, -0.25) is 4.79 Å². The minimum Gasteiger partial charge on any atom is -0.444 e. The molecule has 0 aromatic rings. The van der Waals surface area contributed by atoms with Gasteiger partial charge in [0.05, 0.1) is 0 Å². The normalized spacial score (nSPS) is 21.2. The number of rotatable bonds is 1. The van der Waals surface area contributed by atoms with Crippen LogP contribution in [0.3, 0.4) is 0 Å². The highest BCUT2D eigenvalue weighted by atomic mass is 16.6. The van der Waals surface area contributed by atoms with Gasteiger partial charge in [-0.2, -0.15) is 0 Å². The molecule has 92 valence electrons. The SMILES string of the molecule is CN(C(=O)OC(C)(C)C)C1CCNC(=O)C1. The van der Waals surface area contributed by atoms with Crippen LogP contribution in [0.15, 0.2) is 0 Å². The fourth-order valence-electron chi connectivity index (χ4n) is 1.58. The van der Waals surface area contributed by atoms with Crippen LogP contribution in [0.25, 0.3) is 0 Å². The van der Waals surface area contributed by atoms with Crippen LogP contribution in [0, 0.1) is 0 Å². The fourth-order valence-corrected chi connectivity index (χ4v) is 1.58. The standard InChI is InChI=1S/C11H20N2O3/c1-11(2,3)16-10(15)13(4)8-5-6-12-9(14)7-8/h8H,5-7H2,1-4H3,(H,12,14). The van der Waals surface area contributed by atoms with Crippen molar-refractivity contribution in [2.75, 3.05) is 13.6 Å². The first-order chi connectivity index (χ1) is 7.29. The van der Waals surface area contributed by atoms with E-state index in [-0.39, 0.29) is 18.0 Å². The van der Waals surface area contributed by atoms with E-state index in [2.05, 4.69) is 5.32 Å². The minimum atomic E-state index is -0.498. The summed E-state index contributed by atoms with van der Waals surface area (Å²) in [6.07, 6.45) is 0.768. The van der Waals surface area contributed by atoms with Crippen LogP contribution in [-0.4, -0.2) is 42.1 Å². The number of ether oxygens (including phenoxy) is 1. The second kappa shape index (κ2) is 4.72. The lowest BCUT2D eigenvalue weighted by molar-refractivity contribution is -0.123. The van der Waals surface area contributed by atoms with Crippen LogP contribution >= 0.6 is 0 Å². The fraction of sp³-hybridized carbons (Fsp3) is 0.818. The van der Waals surface area contributed by atoms with Crippen molar-refractivity contribution in [2.24, 2.45) is 0 Å². The Kier molecular flexibility index (Phi) is 3.78. The summed E-state index contributed by atoms with van der Waals surface area (Å²) in [6, 6.07) is -0.0522. The molecule has 0 aromatic carbocycles. The maximum Gasteiger partial charge on any atom is 0.410 e. The summed E-state index contributed by atoms with van der Waals surface area (Å²) in [5, 5.41) is 2.74. The lowest BCUT2D eigenvalue weighted by Crippen LogP contribution is -2.47. The van der Waals surface area contributed by atoms with Crippen molar-refractivity contribution >= 4 is 12.0 Å². The zero-order chi connectivity index (χ0) is 12.3. The number of hydrogen-bond acceptors (Lipinski definition) is 3. The molecule has 1 atom stereocenters. The predicted octanol–water partition coefficient (Wildman–Crippen LogP) is 1.13. The molecule has 1 heterocycles. The molecule has 16 heavy (non-hydrogen) atoms. The monoisotopic (exact) mass is 228 g/mol. The van der Waals surface area contributed by atoms with Crippen molar-refractivity contribution < 1.29 is 14.3 Å². The molecule has 0 radical (unpaired) electrons. The Morgan fingerprint density at radius 1 is 1.50 bits per heavy atom. The summed E-state index contributed by atoms with van der Waals surface area (Å²) in [5.74, 6) is -0.00772. The average Bonchev–Trinajstić information content (AvgIpc) is 2.14. The van der Waals surface area contributed by atoms with Crippen molar-refractivity contribution in [1.29, 1.82) is 0 Å². The van der Waals surface area contributed by atoms with Crippen molar-refractivity contribution in [3.05, 3.63) is 0 Å². The molecular weight excluding hydrogens is 208 g/mol. The summed E-state index contributed by atoms with van der Waals surface area (Å²) in [5.41, 5.74) is -0.498. The Labute approximate surface area is 96.1 Å². The van der Waals surface area contributed by atoms with Gasteiger partial charge in [0.15, 0.2) is 0 Å². The van der Waals surface area contributed by atoms with E-state index in [1.165, 1.54) is 4.90 Å². The van der Waals surface area contributed by atoms with Gasteiger partial charge in [-0.1, -0.05) is 0 Å². The Balaban J connectivity index is 2.53. The van der Waals surface area contributed by atoms with Crippen molar-refractivity contribution in [3.8, 4) is 0 Å². The molecule has 1 fully saturated rings. The topological polar surface area (TPSA) is 58.6 Å². The summed E-state index contributed by atoms with van der Waals surface area (Å²) in [4.78, 5) is 24.5. The smallest absolute Gasteiger partial charge is 0.410 e. The Morgan fingerprint density at radius 2 is 2.12 bits per heavy atom. The molecule has 2 amide bonds. The molecule has 0 bridgehead atoms. The van der Waals surface area contributed by atoms with E-state index in [0.29, 0.717) is 13.0 Å². The number of carbonyl (C=O) groups excluding carboxylic acids is 2. The van der Waals surface area contributed by atoms with Gasteiger partial charge in [-0.15, -0.1) is 0 Å². The molecule has 1 unspecified atom stereocenters. The van der Waals surface area contributed by atoms with Gasteiger partial charge in [-0.25, -0.2) is 4.79 Å².